The third-order valence-electron chi connectivity index (χ3n) is 3.68. The van der Waals surface area contributed by atoms with E-state index in [2.05, 4.69) is 15.0 Å². The van der Waals surface area contributed by atoms with Gasteiger partial charge in [-0.2, -0.15) is 4.52 Å². The van der Waals surface area contributed by atoms with Crippen LogP contribution in [0.2, 0.25) is 0 Å². The van der Waals surface area contributed by atoms with Gasteiger partial charge in [-0.05, 0) is 32.0 Å². The van der Waals surface area contributed by atoms with Crippen LogP contribution in [0.25, 0.3) is 5.65 Å². The highest BCUT2D eigenvalue weighted by Gasteiger charge is 2.12. The quantitative estimate of drug-likeness (QED) is 0.840. The van der Waals surface area contributed by atoms with Crippen molar-refractivity contribution in [3.63, 3.8) is 0 Å². The van der Waals surface area contributed by atoms with Crippen LogP contribution in [-0.4, -0.2) is 46.2 Å². The van der Waals surface area contributed by atoms with Gasteiger partial charge in [-0.15, -0.1) is 5.10 Å². The van der Waals surface area contributed by atoms with Gasteiger partial charge < -0.3 is 9.64 Å². The molecule has 3 rings (SSSR count). The average molecular weight is 260 g/mol. The van der Waals surface area contributed by atoms with Crippen LogP contribution in [0, 0.1) is 0 Å². The number of hydrogen-bond donors (Lipinski definition) is 0. The van der Waals surface area contributed by atoms with E-state index in [1.807, 2.05) is 18.2 Å². The second-order valence-corrected chi connectivity index (χ2v) is 5.02. The molecule has 19 heavy (non-hydrogen) atoms. The lowest BCUT2D eigenvalue weighted by Crippen LogP contribution is -2.31. The van der Waals surface area contributed by atoms with Crippen molar-refractivity contribution in [2.45, 2.75) is 25.7 Å². The Balaban J connectivity index is 1.70. The monoisotopic (exact) mass is 260 g/mol. The summed E-state index contributed by atoms with van der Waals surface area (Å²) in [4.78, 5) is 7.06. The highest BCUT2D eigenvalue weighted by Crippen LogP contribution is 2.13. The predicted octanol–water partition coefficient (Wildman–Crippen LogP) is 1.77. The van der Waals surface area contributed by atoms with Crippen molar-refractivity contribution in [2.24, 2.45) is 0 Å². The van der Waals surface area contributed by atoms with Gasteiger partial charge in [0.1, 0.15) is 0 Å². The summed E-state index contributed by atoms with van der Waals surface area (Å²) < 4.78 is 7.05. The molecule has 0 spiro atoms. The SMILES string of the molecule is COc1cccc2nc(CCN3CCCCC3)nn12. The molecule has 5 heteroatoms. The molecule has 3 heterocycles. The topological polar surface area (TPSA) is 42.7 Å². The van der Waals surface area contributed by atoms with Crippen molar-refractivity contribution in [3.8, 4) is 5.88 Å². The van der Waals surface area contributed by atoms with E-state index in [-0.39, 0.29) is 0 Å². The Morgan fingerprint density at radius 2 is 2.05 bits per heavy atom. The maximum Gasteiger partial charge on any atom is 0.216 e. The smallest absolute Gasteiger partial charge is 0.216 e. The number of aromatic nitrogens is 3. The zero-order chi connectivity index (χ0) is 13.1. The van der Waals surface area contributed by atoms with Crippen molar-refractivity contribution in [1.82, 2.24) is 19.5 Å². The lowest BCUT2D eigenvalue weighted by molar-refractivity contribution is 0.230. The van der Waals surface area contributed by atoms with Crippen LogP contribution in [0.15, 0.2) is 18.2 Å². The van der Waals surface area contributed by atoms with Gasteiger partial charge in [0.05, 0.1) is 7.11 Å². The summed E-state index contributed by atoms with van der Waals surface area (Å²) in [5.41, 5.74) is 0.855. The van der Waals surface area contributed by atoms with Crippen LogP contribution in [0.5, 0.6) is 5.88 Å². The number of ether oxygens (including phenoxy) is 1. The van der Waals surface area contributed by atoms with E-state index in [1.165, 1.54) is 32.4 Å². The zero-order valence-corrected chi connectivity index (χ0v) is 11.4. The maximum atomic E-state index is 5.29. The predicted molar refractivity (Wildman–Crippen MR) is 73.5 cm³/mol. The van der Waals surface area contributed by atoms with Crippen LogP contribution < -0.4 is 4.74 Å². The van der Waals surface area contributed by atoms with Gasteiger partial charge in [-0.3, -0.25) is 0 Å². The molecule has 1 aliphatic rings. The lowest BCUT2D eigenvalue weighted by atomic mass is 10.1. The van der Waals surface area contributed by atoms with Crippen LogP contribution >= 0.6 is 0 Å². The molecular formula is C14H20N4O. The highest BCUT2D eigenvalue weighted by atomic mass is 16.5. The summed E-state index contributed by atoms with van der Waals surface area (Å²) in [5, 5.41) is 4.52. The summed E-state index contributed by atoms with van der Waals surface area (Å²) in [6.45, 7) is 3.49. The molecule has 0 N–H and O–H groups in total. The van der Waals surface area contributed by atoms with E-state index in [0.29, 0.717) is 0 Å². The molecule has 0 bridgehead atoms. The number of piperidine rings is 1. The normalized spacial score (nSPS) is 16.9. The molecule has 5 nitrogen and oxygen atoms in total. The van der Waals surface area contributed by atoms with E-state index in [4.69, 9.17) is 4.74 Å². The second kappa shape index (κ2) is 5.57. The van der Waals surface area contributed by atoms with E-state index >= 15 is 0 Å². The first-order valence-corrected chi connectivity index (χ1v) is 6.98. The molecule has 1 aliphatic heterocycles. The molecule has 1 fully saturated rings. The molecule has 2 aromatic heterocycles. The molecular weight excluding hydrogens is 240 g/mol. The van der Waals surface area contributed by atoms with Crippen molar-refractivity contribution < 1.29 is 4.74 Å². The Hall–Kier alpha value is -1.62. The van der Waals surface area contributed by atoms with E-state index in [1.54, 1.807) is 11.6 Å². The number of likely N-dealkylation sites (tertiary alicyclic amines) is 1. The highest BCUT2D eigenvalue weighted by molar-refractivity contribution is 5.40. The van der Waals surface area contributed by atoms with Crippen LogP contribution in [-0.2, 0) is 6.42 Å². The summed E-state index contributed by atoms with van der Waals surface area (Å²) >= 11 is 0. The van der Waals surface area contributed by atoms with Crippen LogP contribution in [0.4, 0.5) is 0 Å². The Bertz CT molecular complexity index is 545. The Morgan fingerprint density at radius 3 is 2.84 bits per heavy atom. The summed E-state index contributed by atoms with van der Waals surface area (Å²) in [5.74, 6) is 1.63. The first-order chi connectivity index (χ1) is 9.36. The minimum Gasteiger partial charge on any atom is -0.481 e. The second-order valence-electron chi connectivity index (χ2n) is 5.02. The average Bonchev–Trinajstić information content (AvgIpc) is 2.89. The van der Waals surface area contributed by atoms with Crippen molar-refractivity contribution in [1.29, 1.82) is 0 Å². The Morgan fingerprint density at radius 1 is 1.21 bits per heavy atom. The van der Waals surface area contributed by atoms with Crippen LogP contribution in [0.1, 0.15) is 25.1 Å². The van der Waals surface area contributed by atoms with Gasteiger partial charge in [0.15, 0.2) is 11.5 Å². The Kier molecular flexibility index (Phi) is 3.64. The molecule has 0 aromatic carbocycles. The number of hydrogen-bond acceptors (Lipinski definition) is 4. The third kappa shape index (κ3) is 2.71. The van der Waals surface area contributed by atoms with Gasteiger partial charge in [0.25, 0.3) is 0 Å². The molecule has 0 unspecified atom stereocenters. The van der Waals surface area contributed by atoms with Gasteiger partial charge in [-0.1, -0.05) is 12.5 Å². The Labute approximate surface area is 113 Å². The molecule has 1 saturated heterocycles. The standard InChI is InChI=1S/C14H20N4O/c1-19-14-7-5-6-13-15-12(16-18(13)14)8-11-17-9-3-2-4-10-17/h5-7H,2-4,8-11H2,1H3. The molecule has 0 amide bonds. The lowest BCUT2D eigenvalue weighted by Gasteiger charge is -2.25. The van der Waals surface area contributed by atoms with E-state index in [9.17, 15) is 0 Å². The summed E-state index contributed by atoms with van der Waals surface area (Å²) in [6, 6.07) is 5.80. The molecule has 0 aliphatic carbocycles. The molecule has 0 radical (unpaired) electrons. The van der Waals surface area contributed by atoms with Gasteiger partial charge in [0.2, 0.25) is 5.88 Å². The van der Waals surface area contributed by atoms with Crippen molar-refractivity contribution >= 4 is 5.65 Å². The van der Waals surface area contributed by atoms with Gasteiger partial charge >= 0.3 is 0 Å². The minimum absolute atomic E-state index is 0.731. The fourth-order valence-corrected chi connectivity index (χ4v) is 2.63. The number of fused-ring (bicyclic) bond motifs is 1. The summed E-state index contributed by atoms with van der Waals surface area (Å²) in [7, 11) is 1.66. The largest absolute Gasteiger partial charge is 0.481 e. The molecule has 0 saturated carbocycles. The number of nitrogens with zero attached hydrogens (tertiary/aromatic N) is 4. The zero-order valence-electron chi connectivity index (χ0n) is 11.4. The van der Waals surface area contributed by atoms with E-state index in [0.717, 1.165) is 30.3 Å². The van der Waals surface area contributed by atoms with Gasteiger partial charge in [-0.25, -0.2) is 4.98 Å². The molecule has 102 valence electrons. The third-order valence-corrected chi connectivity index (χ3v) is 3.68. The molecule has 0 atom stereocenters. The first kappa shape index (κ1) is 12.4. The fourth-order valence-electron chi connectivity index (χ4n) is 2.63. The fraction of sp³-hybridized carbons (Fsp3) is 0.571. The van der Waals surface area contributed by atoms with E-state index < -0.39 is 0 Å². The summed E-state index contributed by atoms with van der Waals surface area (Å²) in [6.07, 6.45) is 4.93. The number of rotatable bonds is 4. The van der Waals surface area contributed by atoms with Crippen molar-refractivity contribution in [2.75, 3.05) is 26.7 Å². The first-order valence-electron chi connectivity index (χ1n) is 6.98. The van der Waals surface area contributed by atoms with Crippen LogP contribution in [0.3, 0.4) is 0 Å². The minimum atomic E-state index is 0.731. The number of pyridine rings is 1. The molecule has 2 aromatic rings. The maximum absolute atomic E-state index is 5.29. The number of methoxy groups -OCH3 is 1. The van der Waals surface area contributed by atoms with Gasteiger partial charge in [0, 0.05) is 19.0 Å². The van der Waals surface area contributed by atoms with Crippen molar-refractivity contribution in [3.05, 3.63) is 24.0 Å².